The Balaban J connectivity index is 1.13. The molecule has 132 heavy (non-hydrogen) atoms. The first kappa shape index (κ1) is 103. The van der Waals surface area contributed by atoms with Gasteiger partial charge in [-0.25, -0.2) is 8.78 Å². The van der Waals surface area contributed by atoms with Crippen LogP contribution in [0.25, 0.3) is 10.9 Å². The lowest BCUT2D eigenvalue weighted by molar-refractivity contribution is -0.152. The fourth-order valence-corrected chi connectivity index (χ4v) is 17.2. The molecule has 37 nitrogen and oxygen atoms in total. The molecule has 0 aliphatic carbocycles. The summed E-state index contributed by atoms with van der Waals surface area (Å²) in [4.78, 5) is 245. The predicted molar refractivity (Wildman–Crippen MR) is 481 cm³/mol. The molecule has 3 aliphatic heterocycles. The van der Waals surface area contributed by atoms with E-state index in [4.69, 9.17) is 11.5 Å². The minimum atomic E-state index is -2.02. The standard InChI is InChI=1S/C92H119F2N17O20S/c1-9-10-25-71-91(130)111-47-59(114)42-74(111)87(126)104-68(43-78(117)118)84(123)106-79(51(4)5)92(131)108(7)72(38-52-19-13-11-14-20-52)85(124)100-64(32-33-95)89(128)110-46-58(113)41-73(110)86(125)103-67(40-56-44-97-63-24-18-17-23-60(56)63)83(122)102-66(36-54-26-29-57(112)30-27-54)82(121)101-65(34-50(2)3)81(120)105-70(80(119)98-45-76(96)115)48-132-49-77(116)99-69(37-55-28-31-61(93)62(94)35-55)88(127)109(8)75(90(129)107(71)6)39-53-21-15-12-16-22-53/h11-24,26-31,35,44,50-51,58-59,64-75,79,97,112-114H,9-10,25,32-34,36-43,45-49,95H2,1-8H3,(H2,96,115)(H,98,119)(H,99,116)(H,100,124)(H,101,121)(H,102,122)(H,103,125)(H,104,126)(H,105,120)(H,106,123)(H,117,118)/t58-,59-,64+,65+,66+,67+,68+,69+,70+,71+,72+,73-,74-,75+,79+/m1/s1. The number of hydrogen-bond donors (Lipinski definition) is 16. The zero-order chi connectivity index (χ0) is 96.5. The van der Waals surface area contributed by atoms with Crippen molar-refractivity contribution in [3.63, 3.8) is 0 Å². The Labute approximate surface area is 766 Å². The van der Waals surface area contributed by atoms with E-state index in [0.29, 0.717) is 51.3 Å². The highest BCUT2D eigenvalue weighted by Crippen LogP contribution is 2.29. The van der Waals surface area contributed by atoms with Gasteiger partial charge in [-0.3, -0.25) is 76.7 Å². The first-order valence-corrected chi connectivity index (χ1v) is 45.0. The van der Waals surface area contributed by atoms with E-state index in [2.05, 4.69) is 52.8 Å². The summed E-state index contributed by atoms with van der Waals surface area (Å²) in [5.41, 5.74) is 14.0. The average Bonchev–Trinajstić information content (AvgIpc) is 1.72. The van der Waals surface area contributed by atoms with Crippen LogP contribution in [0.15, 0.2) is 134 Å². The Morgan fingerprint density at radius 1 is 0.523 bits per heavy atom. The van der Waals surface area contributed by atoms with E-state index >= 15 is 47.5 Å². The average molecular weight is 1850 g/mol. The highest BCUT2D eigenvalue weighted by atomic mass is 32.2. The topological polar surface area (TPSA) is 546 Å². The smallest absolute Gasteiger partial charge is 0.305 e. The van der Waals surface area contributed by atoms with E-state index in [1.54, 1.807) is 112 Å². The molecule has 5 aromatic carbocycles. The molecule has 712 valence electrons. The molecule has 4 heterocycles. The Hall–Kier alpha value is -13.0. The van der Waals surface area contributed by atoms with Crippen LogP contribution < -0.4 is 59.3 Å². The Morgan fingerprint density at radius 3 is 1.62 bits per heavy atom. The number of hydrogen-bond acceptors (Lipinski definition) is 21. The van der Waals surface area contributed by atoms with E-state index in [1.165, 1.54) is 59.3 Å². The third kappa shape index (κ3) is 28.3. The number of aromatic amines is 1. The second kappa shape index (κ2) is 48.3. The number of benzene rings is 5. The molecule has 3 aliphatic rings. The number of halogens is 2. The highest BCUT2D eigenvalue weighted by Gasteiger charge is 2.48. The number of phenolic OH excluding ortho intramolecular Hbond substituents is 1. The molecule has 0 bridgehead atoms. The SMILES string of the molecule is CCCC[C@H]1C(=O)N2C[C@H](O)C[C@@H]2C(=O)N[C@@H](CC(=O)O)C(=O)N[C@@H](C(C)C)C(=O)N(C)[C@@H](Cc2ccccc2)C(=O)N[C@@H](CCN)C(=O)N2C[C@H](O)C[C@@H]2C(=O)N[C@@H](Cc2c[nH]c3ccccc23)C(=O)N[C@@H](Cc2ccc(O)cc2)C(=O)N[C@@H](CC(C)C)C(=O)N[C@H](C(=O)NCC(N)=O)CSCC(=O)N[C@@H](Cc2ccc(F)c(F)c2)C(=O)N(C)[C@@H](Cc2ccccc2)C(=O)N1C. The number of unbranched alkanes of at least 4 members (excludes halogenated alkanes) is 1. The third-order valence-electron chi connectivity index (χ3n) is 23.5. The van der Waals surface area contributed by atoms with Gasteiger partial charge in [-0.1, -0.05) is 145 Å². The second-order valence-corrected chi connectivity index (χ2v) is 35.3. The van der Waals surface area contributed by atoms with Crippen LogP contribution >= 0.6 is 11.8 Å². The van der Waals surface area contributed by atoms with Crippen molar-refractivity contribution in [3.05, 3.63) is 173 Å². The van der Waals surface area contributed by atoms with Crippen LogP contribution in [0.2, 0.25) is 0 Å². The van der Waals surface area contributed by atoms with Crippen LogP contribution in [0, 0.1) is 23.5 Å². The molecular weight excluding hydrogens is 1730 g/mol. The summed E-state index contributed by atoms with van der Waals surface area (Å²) in [5.74, 6) is -21.8. The largest absolute Gasteiger partial charge is 0.508 e. The maximum absolute atomic E-state index is 15.7. The van der Waals surface area contributed by atoms with E-state index in [1.807, 2.05) is 0 Å². The zero-order valence-corrected chi connectivity index (χ0v) is 75.6. The van der Waals surface area contributed by atoms with Gasteiger partial charge in [0.2, 0.25) is 88.6 Å². The highest BCUT2D eigenvalue weighted by molar-refractivity contribution is 8.00. The lowest BCUT2D eigenvalue weighted by atomic mass is 9.98. The summed E-state index contributed by atoms with van der Waals surface area (Å²) < 4.78 is 29.8. The Morgan fingerprint density at radius 2 is 1.04 bits per heavy atom. The number of rotatable bonds is 23. The minimum Gasteiger partial charge on any atom is -0.508 e. The Bertz CT molecular complexity index is 5120. The molecule has 0 saturated carbocycles. The van der Waals surface area contributed by atoms with Gasteiger partial charge in [0.15, 0.2) is 11.6 Å². The first-order chi connectivity index (χ1) is 62.7. The molecular formula is C92H119F2N17O20S. The number of carboxylic acids is 1. The number of likely N-dealkylation sites (N-methyl/N-ethyl adjacent to an activating group) is 3. The summed E-state index contributed by atoms with van der Waals surface area (Å²) in [6, 6.07) is 10.4. The van der Waals surface area contributed by atoms with Crippen LogP contribution in [0.5, 0.6) is 5.75 Å². The second-order valence-electron chi connectivity index (χ2n) is 34.3. The number of carbonyl (C=O) groups is 16. The molecule has 0 spiro atoms. The van der Waals surface area contributed by atoms with Crippen LogP contribution in [0.1, 0.15) is 114 Å². The van der Waals surface area contributed by atoms with Crippen molar-refractivity contribution in [2.75, 3.05) is 58.8 Å². The van der Waals surface area contributed by atoms with E-state index in [9.17, 15) is 58.4 Å². The molecule has 0 unspecified atom stereocenters. The van der Waals surface area contributed by atoms with Crippen molar-refractivity contribution in [3.8, 4) is 5.75 Å². The van der Waals surface area contributed by atoms with Gasteiger partial charge in [0.1, 0.15) is 84.3 Å². The van der Waals surface area contributed by atoms with Crippen molar-refractivity contribution < 1.29 is 106 Å². The van der Waals surface area contributed by atoms with Crippen molar-refractivity contribution in [2.45, 2.75) is 209 Å². The molecule has 18 N–H and O–H groups in total. The Kier molecular flexibility index (Phi) is 37.6. The number of aromatic hydroxyl groups is 1. The third-order valence-corrected chi connectivity index (χ3v) is 24.5. The fourth-order valence-electron chi connectivity index (χ4n) is 16.3. The van der Waals surface area contributed by atoms with Crippen molar-refractivity contribution in [1.82, 2.24) is 77.3 Å². The molecule has 6 aromatic rings. The number of phenols is 1. The van der Waals surface area contributed by atoms with Crippen molar-refractivity contribution in [1.29, 1.82) is 0 Å². The van der Waals surface area contributed by atoms with E-state index < -0.39 is 266 Å². The van der Waals surface area contributed by atoms with Crippen LogP contribution in [-0.4, -0.2) is 294 Å². The number of nitrogens with one attached hydrogen (secondary N) is 10. The van der Waals surface area contributed by atoms with Gasteiger partial charge < -0.3 is 109 Å². The molecule has 3 fully saturated rings. The number of carbonyl (C=O) groups excluding carboxylic acids is 15. The van der Waals surface area contributed by atoms with Gasteiger partial charge in [0, 0.05) is 102 Å². The van der Waals surface area contributed by atoms with Crippen LogP contribution in [0.3, 0.4) is 0 Å². The molecule has 9 rings (SSSR count). The number of primary amides is 1. The van der Waals surface area contributed by atoms with E-state index in [0.717, 1.165) is 42.7 Å². The lowest BCUT2D eigenvalue weighted by Gasteiger charge is -2.38. The number of aliphatic hydroxyl groups is 2. The molecule has 3 saturated heterocycles. The normalized spacial score (nSPS) is 24.8. The molecule has 15 atom stereocenters. The number of aliphatic carboxylic acids is 1. The number of H-pyrrole nitrogens is 1. The van der Waals surface area contributed by atoms with Gasteiger partial charge >= 0.3 is 5.97 Å². The number of aliphatic hydroxyl groups excluding tert-OH is 2. The monoisotopic (exact) mass is 1850 g/mol. The van der Waals surface area contributed by atoms with Gasteiger partial charge in [-0.15, -0.1) is 11.8 Å². The van der Waals surface area contributed by atoms with Gasteiger partial charge in [0.05, 0.1) is 30.9 Å². The predicted octanol–water partition coefficient (Wildman–Crippen LogP) is 0.0121. The number of carboxylic acid groups (broad SMARTS) is 1. The zero-order valence-electron chi connectivity index (χ0n) is 74.8. The number of nitrogens with zero attached hydrogens (tertiary/aromatic N) is 5. The molecule has 15 amide bonds. The fraction of sp³-hybridized carbons (Fsp3) is 0.478. The molecule has 1 aromatic heterocycles. The maximum atomic E-state index is 15.7. The maximum Gasteiger partial charge on any atom is 0.305 e. The quantitative estimate of drug-likeness (QED) is 0.0402. The van der Waals surface area contributed by atoms with Crippen LogP contribution in [0.4, 0.5) is 8.78 Å². The van der Waals surface area contributed by atoms with Gasteiger partial charge in [-0.2, -0.15) is 0 Å². The minimum absolute atomic E-state index is 0.0256. The number of amides is 15. The first-order valence-electron chi connectivity index (χ1n) is 43.8. The number of aromatic nitrogens is 1. The molecule has 40 heteroatoms. The number of fused-ring (bicyclic) bond motifs is 3. The van der Waals surface area contributed by atoms with Crippen molar-refractivity contribution in [2.24, 2.45) is 23.3 Å². The summed E-state index contributed by atoms with van der Waals surface area (Å²) in [5, 5.41) is 67.7. The number of thioether (sulfide) groups is 1. The number of para-hydroxylation sites is 1. The summed E-state index contributed by atoms with van der Waals surface area (Å²) >= 11 is 0.711. The van der Waals surface area contributed by atoms with Gasteiger partial charge in [0.25, 0.3) is 0 Å². The van der Waals surface area contributed by atoms with Crippen LogP contribution in [-0.2, 0) is 109 Å². The van der Waals surface area contributed by atoms with E-state index in [-0.39, 0.29) is 69.2 Å². The molecule has 0 radical (unpaired) electrons. The lowest BCUT2D eigenvalue weighted by Crippen LogP contribution is -2.62. The summed E-state index contributed by atoms with van der Waals surface area (Å²) in [6.45, 7) is 6.19. The van der Waals surface area contributed by atoms with Crippen molar-refractivity contribution >= 4 is 117 Å². The summed E-state index contributed by atoms with van der Waals surface area (Å²) in [6.07, 6.45) is -4.87. The number of nitrogens with two attached hydrogens (primary N) is 2. The van der Waals surface area contributed by atoms with Gasteiger partial charge in [-0.05, 0) is 95.8 Å². The summed E-state index contributed by atoms with van der Waals surface area (Å²) in [7, 11) is 3.75.